The van der Waals surface area contributed by atoms with Gasteiger partial charge in [0.15, 0.2) is 5.16 Å². The number of carbonyl (C=O) groups is 2. The zero-order chi connectivity index (χ0) is 26.9. The van der Waals surface area contributed by atoms with E-state index in [4.69, 9.17) is 4.74 Å². The topological polar surface area (TPSA) is 91.5 Å². The van der Waals surface area contributed by atoms with Crippen molar-refractivity contribution in [1.29, 1.82) is 5.26 Å². The van der Waals surface area contributed by atoms with E-state index in [0.717, 1.165) is 27.0 Å². The number of hydrogen-bond acceptors (Lipinski definition) is 7. The molecule has 0 bridgehead atoms. The van der Waals surface area contributed by atoms with Crippen LogP contribution in [0, 0.1) is 11.3 Å². The van der Waals surface area contributed by atoms with Gasteiger partial charge >= 0.3 is 0 Å². The number of thiophene rings is 1. The Morgan fingerprint density at radius 2 is 2.03 bits per heavy atom. The summed E-state index contributed by atoms with van der Waals surface area (Å²) in [5.41, 5.74) is 2.84. The number of fused-ring (bicyclic) bond motifs is 1. The third-order valence-corrected chi connectivity index (χ3v) is 9.11. The minimum atomic E-state index is -0.214. The fourth-order valence-electron chi connectivity index (χ4n) is 5.18. The van der Waals surface area contributed by atoms with Gasteiger partial charge in [0.05, 0.1) is 37.0 Å². The maximum atomic E-state index is 14.2. The molecule has 8 nitrogen and oxygen atoms in total. The van der Waals surface area contributed by atoms with Crippen LogP contribution in [-0.2, 0) is 11.2 Å². The van der Waals surface area contributed by atoms with Crippen LogP contribution >= 0.6 is 23.1 Å². The Kier molecular flexibility index (Phi) is 6.85. The molecule has 4 aromatic rings. The van der Waals surface area contributed by atoms with Gasteiger partial charge in [0.2, 0.25) is 5.91 Å². The summed E-state index contributed by atoms with van der Waals surface area (Å²) < 4.78 is 7.36. The van der Waals surface area contributed by atoms with Gasteiger partial charge in [0, 0.05) is 35.3 Å². The molecule has 0 N–H and O–H groups in total. The third kappa shape index (κ3) is 4.80. The molecule has 4 heterocycles. The molecular formula is C29H25N5O3S2. The van der Waals surface area contributed by atoms with Crippen molar-refractivity contribution in [1.82, 2.24) is 14.5 Å². The number of anilines is 1. The van der Waals surface area contributed by atoms with Crippen molar-refractivity contribution in [2.75, 3.05) is 30.9 Å². The number of benzene rings is 2. The fourth-order valence-corrected chi connectivity index (χ4v) is 7.10. The summed E-state index contributed by atoms with van der Waals surface area (Å²) in [5.74, 6) is 1.08. The molecule has 196 valence electrons. The number of methoxy groups -OCH3 is 1. The summed E-state index contributed by atoms with van der Waals surface area (Å²) in [7, 11) is 1.60. The Hall–Kier alpha value is -4.07. The van der Waals surface area contributed by atoms with E-state index >= 15 is 0 Å². The summed E-state index contributed by atoms with van der Waals surface area (Å²) in [4.78, 5) is 36.8. The average Bonchev–Trinajstić information content (AvgIpc) is 3.72. The van der Waals surface area contributed by atoms with Crippen molar-refractivity contribution in [3.8, 4) is 11.8 Å². The number of imidazole rings is 1. The highest BCUT2D eigenvalue weighted by Gasteiger charge is 2.39. The van der Waals surface area contributed by atoms with E-state index in [9.17, 15) is 14.9 Å². The first-order valence-electron chi connectivity index (χ1n) is 12.5. The molecule has 1 unspecified atom stereocenters. The van der Waals surface area contributed by atoms with Crippen LogP contribution < -0.4 is 9.64 Å². The highest BCUT2D eigenvalue weighted by atomic mass is 32.2. The molecule has 1 fully saturated rings. The summed E-state index contributed by atoms with van der Waals surface area (Å²) >= 11 is 3.25. The van der Waals surface area contributed by atoms with Gasteiger partial charge in [-0.05, 0) is 41.3 Å². The van der Waals surface area contributed by atoms with Crippen molar-refractivity contribution in [3.05, 3.63) is 93.9 Å². The fraction of sp³-hybridized carbons (Fsp3) is 0.241. The number of aromatic nitrogens is 2. The van der Waals surface area contributed by atoms with Gasteiger partial charge in [0.1, 0.15) is 18.0 Å². The van der Waals surface area contributed by atoms with Gasteiger partial charge in [-0.1, -0.05) is 36.0 Å². The van der Waals surface area contributed by atoms with Crippen LogP contribution in [-0.4, -0.2) is 58.3 Å². The SMILES string of the molecule is COc1cccc(N2C[C@H](Cc3cccs3)N(C(=O)c3cnc4n3C(c3ccc(C#N)cc3)CS4)CC2=O)c1. The number of ether oxygens (including phenoxy) is 1. The Bertz CT molecular complexity index is 1560. The first-order valence-corrected chi connectivity index (χ1v) is 14.4. The summed E-state index contributed by atoms with van der Waals surface area (Å²) in [6, 6.07) is 20.8. The van der Waals surface area contributed by atoms with Crippen LogP contribution in [0.5, 0.6) is 5.75 Å². The van der Waals surface area contributed by atoms with Crippen molar-refractivity contribution >= 4 is 40.6 Å². The minimum Gasteiger partial charge on any atom is -0.497 e. The first kappa shape index (κ1) is 25.2. The summed E-state index contributed by atoms with van der Waals surface area (Å²) in [6.07, 6.45) is 2.27. The lowest BCUT2D eigenvalue weighted by molar-refractivity contribution is -0.121. The van der Waals surface area contributed by atoms with Gasteiger partial charge in [-0.25, -0.2) is 4.98 Å². The molecule has 6 rings (SSSR count). The molecule has 0 aliphatic carbocycles. The lowest BCUT2D eigenvalue weighted by Gasteiger charge is -2.41. The van der Waals surface area contributed by atoms with E-state index in [2.05, 4.69) is 17.1 Å². The number of rotatable bonds is 6. The second-order valence-electron chi connectivity index (χ2n) is 9.43. The van der Waals surface area contributed by atoms with E-state index in [1.54, 1.807) is 58.3 Å². The van der Waals surface area contributed by atoms with Crippen LogP contribution in [0.3, 0.4) is 0 Å². The monoisotopic (exact) mass is 555 g/mol. The Morgan fingerprint density at radius 3 is 2.77 bits per heavy atom. The normalized spacial score (nSPS) is 18.6. The number of amides is 2. The predicted octanol–water partition coefficient (Wildman–Crippen LogP) is 4.62. The zero-order valence-electron chi connectivity index (χ0n) is 21.2. The quantitative estimate of drug-likeness (QED) is 0.345. The molecule has 1 saturated heterocycles. The van der Waals surface area contributed by atoms with Crippen molar-refractivity contribution in [2.24, 2.45) is 0 Å². The number of thioether (sulfide) groups is 1. The molecule has 0 spiro atoms. The summed E-state index contributed by atoms with van der Waals surface area (Å²) in [5, 5.41) is 12.0. The Morgan fingerprint density at radius 1 is 1.18 bits per heavy atom. The van der Waals surface area contributed by atoms with Gasteiger partial charge in [-0.15, -0.1) is 11.3 Å². The molecule has 2 aromatic carbocycles. The van der Waals surface area contributed by atoms with Crippen LogP contribution in [0.4, 0.5) is 5.69 Å². The third-order valence-electron chi connectivity index (χ3n) is 7.17. The lowest BCUT2D eigenvalue weighted by Crippen LogP contribution is -2.59. The second kappa shape index (κ2) is 10.6. The smallest absolute Gasteiger partial charge is 0.272 e. The van der Waals surface area contributed by atoms with E-state index in [0.29, 0.717) is 30.0 Å². The van der Waals surface area contributed by atoms with E-state index in [-0.39, 0.29) is 30.4 Å². The second-order valence-corrected chi connectivity index (χ2v) is 11.5. The Labute approximate surface area is 234 Å². The molecule has 39 heavy (non-hydrogen) atoms. The van der Waals surface area contributed by atoms with E-state index in [1.165, 1.54) is 0 Å². The molecule has 10 heteroatoms. The molecule has 2 aliphatic rings. The van der Waals surface area contributed by atoms with Crippen molar-refractivity contribution in [2.45, 2.75) is 23.7 Å². The molecule has 2 atom stereocenters. The number of nitrogens with zero attached hydrogens (tertiary/aromatic N) is 5. The average molecular weight is 556 g/mol. The number of piperazine rings is 1. The van der Waals surface area contributed by atoms with Gasteiger partial charge in [-0.3, -0.25) is 9.59 Å². The summed E-state index contributed by atoms with van der Waals surface area (Å²) in [6.45, 7) is 0.353. The largest absolute Gasteiger partial charge is 0.497 e. The first-order chi connectivity index (χ1) is 19.1. The number of carbonyl (C=O) groups excluding carboxylic acids is 2. The standard InChI is InChI=1S/C29H25N5O3S2/c1-37-23-5-2-4-21(12-23)32-16-22(13-24-6-3-11-38-24)33(17-27(32)35)28(36)25-15-31-29-34(25)26(18-39-29)20-9-7-19(14-30)8-10-20/h2-12,15,22,26H,13,16-18H2,1H3/t22-,26?/m0/s1. The van der Waals surface area contributed by atoms with Crippen molar-refractivity contribution in [3.63, 3.8) is 0 Å². The van der Waals surface area contributed by atoms with Crippen molar-refractivity contribution < 1.29 is 14.3 Å². The van der Waals surface area contributed by atoms with Crippen LogP contribution in [0.1, 0.15) is 32.5 Å². The predicted molar refractivity (Wildman–Crippen MR) is 150 cm³/mol. The lowest BCUT2D eigenvalue weighted by atomic mass is 10.0. The van der Waals surface area contributed by atoms with Gasteiger partial charge in [0.25, 0.3) is 5.91 Å². The maximum absolute atomic E-state index is 14.2. The van der Waals surface area contributed by atoms with Crippen LogP contribution in [0.2, 0.25) is 0 Å². The highest BCUT2D eigenvalue weighted by Crippen LogP contribution is 2.38. The Balaban J connectivity index is 1.32. The molecule has 2 amide bonds. The molecular weight excluding hydrogens is 530 g/mol. The maximum Gasteiger partial charge on any atom is 0.272 e. The van der Waals surface area contributed by atoms with Gasteiger partial charge < -0.3 is 19.1 Å². The van der Waals surface area contributed by atoms with Crippen LogP contribution in [0.25, 0.3) is 0 Å². The van der Waals surface area contributed by atoms with Gasteiger partial charge in [-0.2, -0.15) is 5.26 Å². The molecule has 2 aromatic heterocycles. The van der Waals surface area contributed by atoms with E-state index < -0.39 is 0 Å². The highest BCUT2D eigenvalue weighted by molar-refractivity contribution is 7.99. The molecule has 2 aliphatic heterocycles. The van der Waals surface area contributed by atoms with E-state index in [1.807, 2.05) is 52.4 Å². The number of nitriles is 1. The number of hydrogen-bond donors (Lipinski definition) is 0. The minimum absolute atomic E-state index is 0.0265. The van der Waals surface area contributed by atoms with Crippen LogP contribution in [0.15, 0.2) is 77.4 Å². The zero-order valence-corrected chi connectivity index (χ0v) is 22.8. The molecule has 0 saturated carbocycles. The molecule has 0 radical (unpaired) electrons.